The van der Waals surface area contributed by atoms with Gasteiger partial charge >= 0.3 is 0 Å². The number of methoxy groups -OCH3 is 2. The van der Waals surface area contributed by atoms with Crippen molar-refractivity contribution in [3.8, 4) is 11.4 Å². The molecule has 1 atom stereocenters. The van der Waals surface area contributed by atoms with Crippen molar-refractivity contribution < 1.29 is 17.9 Å². The molecule has 10 nitrogen and oxygen atoms in total. The maximum absolute atomic E-state index is 12.3. The number of hydrogen-bond donors (Lipinski definition) is 3. The number of aromatic amines is 1. The molecule has 3 rings (SSSR count). The van der Waals surface area contributed by atoms with Crippen LogP contribution < -0.4 is 10.0 Å². The quantitative estimate of drug-likeness (QED) is 0.313. The van der Waals surface area contributed by atoms with E-state index >= 15 is 0 Å². The molecule has 1 unspecified atom stereocenters. The van der Waals surface area contributed by atoms with Gasteiger partial charge < -0.3 is 19.8 Å². The normalized spacial score (nSPS) is 12.6. The number of hydrogen-bond acceptors (Lipinski definition) is 8. The highest BCUT2D eigenvalue weighted by molar-refractivity contribution is 7.89. The zero-order valence-corrected chi connectivity index (χ0v) is 20.8. The minimum Gasteiger partial charge on any atom is -0.384 e. The van der Waals surface area contributed by atoms with Gasteiger partial charge in [-0.25, -0.2) is 28.1 Å². The van der Waals surface area contributed by atoms with Gasteiger partial charge in [0.05, 0.1) is 23.8 Å². The molecule has 0 saturated heterocycles. The molecule has 3 N–H and O–H groups in total. The lowest BCUT2D eigenvalue weighted by atomic mass is 10.1. The van der Waals surface area contributed by atoms with Crippen molar-refractivity contribution in [3.05, 3.63) is 48.0 Å². The molecule has 0 aliphatic heterocycles. The molecule has 2 aromatic heterocycles. The van der Waals surface area contributed by atoms with Crippen molar-refractivity contribution >= 4 is 21.7 Å². The summed E-state index contributed by atoms with van der Waals surface area (Å²) < 4.78 is 37.4. The zero-order valence-electron chi connectivity index (χ0n) is 20.0. The fourth-order valence-corrected chi connectivity index (χ4v) is 4.45. The molecule has 0 amide bonds. The molecule has 0 aliphatic rings. The van der Waals surface area contributed by atoms with Gasteiger partial charge in [0.25, 0.3) is 0 Å². The summed E-state index contributed by atoms with van der Waals surface area (Å²) in [6.45, 7) is 5.26. The van der Waals surface area contributed by atoms with Crippen molar-refractivity contribution in [2.24, 2.45) is 0 Å². The molecule has 3 aromatic rings. The van der Waals surface area contributed by atoms with Gasteiger partial charge in [-0.2, -0.15) is 0 Å². The maximum atomic E-state index is 12.3. The van der Waals surface area contributed by atoms with E-state index in [1.807, 2.05) is 6.07 Å². The summed E-state index contributed by atoms with van der Waals surface area (Å²) in [5, 5.41) is 3.13. The average molecular weight is 489 g/mol. The predicted octanol–water partition coefficient (Wildman–Crippen LogP) is 3.24. The molecule has 0 saturated carbocycles. The molecule has 2 heterocycles. The van der Waals surface area contributed by atoms with Crippen LogP contribution >= 0.6 is 0 Å². The molecule has 184 valence electrons. The van der Waals surface area contributed by atoms with E-state index in [2.05, 4.69) is 38.8 Å². The van der Waals surface area contributed by atoms with Gasteiger partial charge in [0.15, 0.2) is 0 Å². The summed E-state index contributed by atoms with van der Waals surface area (Å²) in [4.78, 5) is 17.3. The van der Waals surface area contributed by atoms with Crippen molar-refractivity contribution in [2.75, 3.05) is 39.3 Å². The first kappa shape index (κ1) is 25.8. The average Bonchev–Trinajstić information content (AvgIpc) is 3.24. The fraction of sp³-hybridized carbons (Fsp3) is 0.435. The number of nitrogens with zero attached hydrogens (tertiary/aromatic N) is 3. The van der Waals surface area contributed by atoms with Crippen LogP contribution in [0, 0.1) is 0 Å². The van der Waals surface area contributed by atoms with Crippen LogP contribution in [-0.2, 0) is 25.9 Å². The van der Waals surface area contributed by atoms with E-state index in [1.54, 1.807) is 25.4 Å². The number of anilines is 2. The molecule has 1 aromatic carbocycles. The predicted molar refractivity (Wildman–Crippen MR) is 131 cm³/mol. The monoisotopic (exact) mass is 488 g/mol. The summed E-state index contributed by atoms with van der Waals surface area (Å²) in [6.07, 6.45) is 3.50. The third-order valence-corrected chi connectivity index (χ3v) is 6.57. The smallest absolute Gasteiger partial charge is 0.240 e. The number of imidazole rings is 1. The van der Waals surface area contributed by atoms with E-state index < -0.39 is 10.0 Å². The number of nitrogens with one attached hydrogen (secondary N) is 3. The van der Waals surface area contributed by atoms with E-state index in [0.717, 1.165) is 30.1 Å². The minimum atomic E-state index is -3.60. The molecule has 0 fully saturated rings. The first-order valence-corrected chi connectivity index (χ1v) is 12.6. The van der Waals surface area contributed by atoms with Gasteiger partial charge in [0, 0.05) is 50.7 Å². The Labute approximate surface area is 200 Å². The lowest BCUT2D eigenvalue weighted by Crippen LogP contribution is -2.27. The number of ether oxygens (including phenoxy) is 2. The lowest BCUT2D eigenvalue weighted by molar-refractivity contribution is 0.183. The highest BCUT2D eigenvalue weighted by Crippen LogP contribution is 2.28. The summed E-state index contributed by atoms with van der Waals surface area (Å²) >= 11 is 0. The van der Waals surface area contributed by atoms with E-state index in [4.69, 9.17) is 14.5 Å². The van der Waals surface area contributed by atoms with Gasteiger partial charge in [-0.3, -0.25) is 0 Å². The SMILES string of the molecule is CCCc1nc(-c2ccnc(Nc3ccc(S(=O)(=O)NCCOC)cc3)n2)c(C(C)COC)[nH]1. The largest absolute Gasteiger partial charge is 0.384 e. The number of aromatic nitrogens is 4. The van der Waals surface area contributed by atoms with Crippen molar-refractivity contribution in [1.82, 2.24) is 24.7 Å². The van der Waals surface area contributed by atoms with Crippen LogP contribution in [0.1, 0.15) is 37.7 Å². The molecule has 34 heavy (non-hydrogen) atoms. The molecule has 11 heteroatoms. The molecule has 0 radical (unpaired) electrons. The first-order valence-electron chi connectivity index (χ1n) is 11.1. The Morgan fingerprint density at radius 3 is 2.53 bits per heavy atom. The summed E-state index contributed by atoms with van der Waals surface area (Å²) in [6, 6.07) is 8.20. The Bertz CT molecular complexity index is 1160. The van der Waals surface area contributed by atoms with E-state index in [9.17, 15) is 8.42 Å². The van der Waals surface area contributed by atoms with E-state index in [1.165, 1.54) is 19.2 Å². The molecular formula is C23H32N6O4S. The van der Waals surface area contributed by atoms with Crippen LogP contribution in [0.15, 0.2) is 41.4 Å². The minimum absolute atomic E-state index is 0.122. The van der Waals surface area contributed by atoms with Crippen molar-refractivity contribution in [3.63, 3.8) is 0 Å². The highest BCUT2D eigenvalue weighted by Gasteiger charge is 2.19. The van der Waals surface area contributed by atoms with Crippen LogP contribution in [-0.4, -0.2) is 62.3 Å². The van der Waals surface area contributed by atoms with Crippen LogP contribution in [0.5, 0.6) is 0 Å². The Morgan fingerprint density at radius 2 is 1.85 bits per heavy atom. The second-order valence-corrected chi connectivity index (χ2v) is 9.62. The number of sulfonamides is 1. The maximum Gasteiger partial charge on any atom is 0.240 e. The summed E-state index contributed by atoms with van der Waals surface area (Å²) in [5.74, 6) is 1.42. The van der Waals surface area contributed by atoms with E-state index in [-0.39, 0.29) is 17.4 Å². The summed E-state index contributed by atoms with van der Waals surface area (Å²) in [5.41, 5.74) is 3.11. The van der Waals surface area contributed by atoms with Crippen LogP contribution in [0.2, 0.25) is 0 Å². The molecule has 0 bridgehead atoms. The summed E-state index contributed by atoms with van der Waals surface area (Å²) in [7, 11) is -0.400. The van der Waals surface area contributed by atoms with Gasteiger partial charge in [0.2, 0.25) is 16.0 Å². The zero-order chi connectivity index (χ0) is 24.6. The number of rotatable bonds is 13. The number of H-pyrrole nitrogens is 1. The third kappa shape index (κ3) is 6.60. The lowest BCUT2D eigenvalue weighted by Gasteiger charge is -2.11. The van der Waals surface area contributed by atoms with Gasteiger partial charge in [-0.1, -0.05) is 13.8 Å². The second-order valence-electron chi connectivity index (χ2n) is 7.86. The second kappa shape index (κ2) is 12.0. The van der Waals surface area contributed by atoms with Crippen molar-refractivity contribution in [1.29, 1.82) is 0 Å². The topological polar surface area (TPSA) is 131 Å². The first-order chi connectivity index (χ1) is 16.4. The Morgan fingerprint density at radius 1 is 1.09 bits per heavy atom. The Hall–Kier alpha value is -2.86. The molecule has 0 spiro atoms. The fourth-order valence-electron chi connectivity index (χ4n) is 3.44. The molecule has 0 aliphatic carbocycles. The van der Waals surface area contributed by atoms with Crippen LogP contribution in [0.3, 0.4) is 0 Å². The molecular weight excluding hydrogens is 456 g/mol. The van der Waals surface area contributed by atoms with E-state index in [0.29, 0.717) is 30.5 Å². The van der Waals surface area contributed by atoms with Crippen LogP contribution in [0.4, 0.5) is 11.6 Å². The number of aryl methyl sites for hydroxylation is 1. The van der Waals surface area contributed by atoms with Gasteiger partial charge in [0.1, 0.15) is 11.5 Å². The highest BCUT2D eigenvalue weighted by atomic mass is 32.2. The Kier molecular flexibility index (Phi) is 9.11. The number of benzene rings is 1. The van der Waals surface area contributed by atoms with Gasteiger partial charge in [-0.15, -0.1) is 0 Å². The Balaban J connectivity index is 1.80. The van der Waals surface area contributed by atoms with Crippen molar-refractivity contribution in [2.45, 2.75) is 37.5 Å². The van der Waals surface area contributed by atoms with Crippen LogP contribution in [0.25, 0.3) is 11.4 Å². The standard InChI is InChI=1S/C23H32N6O4S/c1-5-6-20-28-21(16(2)15-33-4)22(29-20)19-11-12-24-23(27-19)26-17-7-9-18(10-8-17)34(30,31)25-13-14-32-3/h7-12,16,25H,5-6,13-15H2,1-4H3,(H,28,29)(H,24,26,27). The van der Waals surface area contributed by atoms with Gasteiger partial charge in [-0.05, 0) is 36.8 Å². The third-order valence-electron chi connectivity index (χ3n) is 5.09.